The van der Waals surface area contributed by atoms with Crippen molar-refractivity contribution in [2.24, 2.45) is 0 Å². The highest BCUT2D eigenvalue weighted by molar-refractivity contribution is 7.89. The van der Waals surface area contributed by atoms with Gasteiger partial charge in [0.1, 0.15) is 0 Å². The Bertz CT molecular complexity index is 1160. The molecular formula is C20H17N3O4S. The van der Waals surface area contributed by atoms with Gasteiger partial charge in [-0.15, -0.1) is 0 Å². The van der Waals surface area contributed by atoms with E-state index in [1.165, 1.54) is 18.2 Å². The number of nitro benzene ring substituents is 1. The van der Waals surface area contributed by atoms with Crippen LogP contribution in [0.25, 0.3) is 10.8 Å². The average molecular weight is 395 g/mol. The molecular weight excluding hydrogens is 378 g/mol. The molecule has 7 nitrogen and oxygen atoms in total. The SMILES string of the molecule is N#CC[C@@H](Cc1cccc2ccccc12)NS(=O)(=O)c1ccccc1[N+](=O)[O-]. The standard InChI is InChI=1S/C20H17N3O4S/c21-13-12-17(14-16-8-5-7-15-6-1-2-9-18(15)16)22-28(26,27)20-11-4-3-10-19(20)23(24)25/h1-11,17,22H,12,14H2/t17-/m0/s1. The highest BCUT2D eigenvalue weighted by Crippen LogP contribution is 2.25. The van der Waals surface area contributed by atoms with Crippen LogP contribution >= 0.6 is 0 Å². The van der Waals surface area contributed by atoms with E-state index in [0.717, 1.165) is 22.4 Å². The molecule has 3 rings (SSSR count). The zero-order valence-corrected chi connectivity index (χ0v) is 15.6. The summed E-state index contributed by atoms with van der Waals surface area (Å²) in [5.41, 5.74) is 0.388. The number of nitrogens with zero attached hydrogens (tertiary/aromatic N) is 2. The molecule has 0 aliphatic rings. The summed E-state index contributed by atoms with van der Waals surface area (Å²) >= 11 is 0. The molecule has 0 bridgehead atoms. The maximum absolute atomic E-state index is 12.8. The van der Waals surface area contributed by atoms with E-state index in [2.05, 4.69) is 4.72 Å². The maximum atomic E-state index is 12.8. The lowest BCUT2D eigenvalue weighted by Crippen LogP contribution is -2.36. The number of benzene rings is 3. The van der Waals surface area contributed by atoms with Crippen molar-refractivity contribution in [1.82, 2.24) is 4.72 Å². The fraction of sp³-hybridized carbons (Fsp3) is 0.150. The van der Waals surface area contributed by atoms with E-state index in [1.54, 1.807) is 0 Å². The van der Waals surface area contributed by atoms with Gasteiger partial charge in [-0.05, 0) is 28.8 Å². The lowest BCUT2D eigenvalue weighted by molar-refractivity contribution is -0.387. The summed E-state index contributed by atoms with van der Waals surface area (Å²) in [6.45, 7) is 0. The molecule has 1 N–H and O–H groups in total. The molecule has 0 aliphatic heterocycles. The van der Waals surface area contributed by atoms with Gasteiger partial charge < -0.3 is 0 Å². The highest BCUT2D eigenvalue weighted by atomic mass is 32.2. The van der Waals surface area contributed by atoms with Gasteiger partial charge in [-0.2, -0.15) is 5.26 Å². The molecule has 0 saturated carbocycles. The van der Waals surface area contributed by atoms with Crippen LogP contribution in [0.4, 0.5) is 5.69 Å². The third-order valence-corrected chi connectivity index (χ3v) is 5.93. The molecule has 0 amide bonds. The number of hydrogen-bond acceptors (Lipinski definition) is 5. The van der Waals surface area contributed by atoms with Gasteiger partial charge in [0, 0.05) is 12.1 Å². The molecule has 0 heterocycles. The Morgan fingerprint density at radius 2 is 1.71 bits per heavy atom. The van der Waals surface area contributed by atoms with Crippen molar-refractivity contribution in [3.63, 3.8) is 0 Å². The lowest BCUT2D eigenvalue weighted by Gasteiger charge is -2.17. The van der Waals surface area contributed by atoms with Crippen LogP contribution in [0, 0.1) is 21.4 Å². The van der Waals surface area contributed by atoms with Crippen molar-refractivity contribution < 1.29 is 13.3 Å². The zero-order chi connectivity index (χ0) is 20.1. The third kappa shape index (κ3) is 4.17. The Labute approximate surface area is 162 Å². The molecule has 0 fully saturated rings. The van der Waals surface area contributed by atoms with E-state index in [9.17, 15) is 18.5 Å². The summed E-state index contributed by atoms with van der Waals surface area (Å²) in [6, 6.07) is 19.8. The van der Waals surface area contributed by atoms with E-state index >= 15 is 0 Å². The molecule has 0 spiro atoms. The van der Waals surface area contributed by atoms with E-state index in [-0.39, 0.29) is 12.8 Å². The Kier molecular flexibility index (Phi) is 5.68. The minimum atomic E-state index is -4.17. The van der Waals surface area contributed by atoms with Gasteiger partial charge in [0.15, 0.2) is 4.90 Å². The van der Waals surface area contributed by atoms with Crippen molar-refractivity contribution in [3.05, 3.63) is 82.4 Å². The second-order valence-corrected chi connectivity index (χ2v) is 7.93. The van der Waals surface area contributed by atoms with Gasteiger partial charge in [0.25, 0.3) is 5.69 Å². The first-order valence-electron chi connectivity index (χ1n) is 8.51. The summed E-state index contributed by atoms with van der Waals surface area (Å²) in [7, 11) is -4.17. The number of hydrogen-bond donors (Lipinski definition) is 1. The smallest absolute Gasteiger partial charge is 0.258 e. The van der Waals surface area contributed by atoms with Crippen LogP contribution in [0.3, 0.4) is 0 Å². The average Bonchev–Trinajstić information content (AvgIpc) is 2.68. The predicted molar refractivity (Wildman–Crippen MR) is 105 cm³/mol. The summed E-state index contributed by atoms with van der Waals surface area (Å²) < 4.78 is 28.0. The van der Waals surface area contributed by atoms with Crippen LogP contribution in [0.15, 0.2) is 71.6 Å². The van der Waals surface area contributed by atoms with Crippen LogP contribution in [0.5, 0.6) is 0 Å². The Hall–Kier alpha value is -3.28. The van der Waals surface area contributed by atoms with Gasteiger partial charge >= 0.3 is 0 Å². The first-order valence-corrected chi connectivity index (χ1v) is 10.00. The van der Waals surface area contributed by atoms with Crippen molar-refractivity contribution in [3.8, 4) is 6.07 Å². The Morgan fingerprint density at radius 3 is 2.46 bits per heavy atom. The van der Waals surface area contributed by atoms with Gasteiger partial charge in [-0.1, -0.05) is 54.6 Å². The third-order valence-electron chi connectivity index (χ3n) is 4.36. The van der Waals surface area contributed by atoms with E-state index in [1.807, 2.05) is 48.5 Å². The van der Waals surface area contributed by atoms with E-state index < -0.39 is 31.6 Å². The summed E-state index contributed by atoms with van der Waals surface area (Å²) in [5, 5.41) is 22.3. The number of rotatable bonds is 7. The number of nitro groups is 1. The quantitative estimate of drug-likeness (QED) is 0.485. The molecule has 3 aromatic carbocycles. The monoisotopic (exact) mass is 395 g/mol. The number of sulfonamides is 1. The minimum absolute atomic E-state index is 0.0664. The fourth-order valence-corrected chi connectivity index (χ4v) is 4.53. The van der Waals surface area contributed by atoms with Crippen LogP contribution in [-0.4, -0.2) is 19.4 Å². The Morgan fingerprint density at radius 1 is 1.04 bits per heavy atom. The normalized spacial score (nSPS) is 12.4. The van der Waals surface area contributed by atoms with Gasteiger partial charge in [0.05, 0.1) is 17.4 Å². The molecule has 0 unspecified atom stereocenters. The largest absolute Gasteiger partial charge is 0.289 e. The summed E-state index contributed by atoms with van der Waals surface area (Å²) in [5.74, 6) is 0. The van der Waals surface area contributed by atoms with Crippen molar-refractivity contribution >= 4 is 26.5 Å². The van der Waals surface area contributed by atoms with Crippen molar-refractivity contribution in [2.75, 3.05) is 0 Å². The van der Waals surface area contributed by atoms with Crippen molar-refractivity contribution in [1.29, 1.82) is 5.26 Å². The second kappa shape index (κ2) is 8.17. The van der Waals surface area contributed by atoms with Crippen LogP contribution in [0.2, 0.25) is 0 Å². The molecule has 3 aromatic rings. The number of fused-ring (bicyclic) bond motifs is 1. The maximum Gasteiger partial charge on any atom is 0.289 e. The fourth-order valence-electron chi connectivity index (χ4n) is 3.12. The summed E-state index contributed by atoms with van der Waals surface area (Å²) in [6.07, 6.45) is 0.220. The molecule has 28 heavy (non-hydrogen) atoms. The van der Waals surface area contributed by atoms with Gasteiger partial charge in [-0.25, -0.2) is 13.1 Å². The van der Waals surface area contributed by atoms with Crippen molar-refractivity contribution in [2.45, 2.75) is 23.8 Å². The van der Waals surface area contributed by atoms with E-state index in [4.69, 9.17) is 5.26 Å². The molecule has 0 aromatic heterocycles. The second-order valence-electron chi connectivity index (χ2n) is 6.25. The number of para-hydroxylation sites is 1. The molecule has 142 valence electrons. The topological polar surface area (TPSA) is 113 Å². The van der Waals surface area contributed by atoms with Crippen LogP contribution in [0.1, 0.15) is 12.0 Å². The van der Waals surface area contributed by atoms with Gasteiger partial charge in [-0.3, -0.25) is 10.1 Å². The first-order chi connectivity index (χ1) is 13.4. The van der Waals surface area contributed by atoms with Crippen LogP contribution in [-0.2, 0) is 16.4 Å². The molecule has 0 saturated heterocycles. The lowest BCUT2D eigenvalue weighted by atomic mass is 9.98. The zero-order valence-electron chi connectivity index (χ0n) is 14.8. The number of nitriles is 1. The van der Waals surface area contributed by atoms with E-state index in [0.29, 0.717) is 0 Å². The molecule has 0 aliphatic carbocycles. The first kappa shape index (κ1) is 19.5. The van der Waals surface area contributed by atoms with Gasteiger partial charge in [0.2, 0.25) is 10.0 Å². The number of nitrogens with one attached hydrogen (secondary N) is 1. The molecule has 0 radical (unpaired) electrons. The summed E-state index contributed by atoms with van der Waals surface area (Å²) in [4.78, 5) is 10.0. The molecule has 1 atom stereocenters. The molecule has 8 heteroatoms. The minimum Gasteiger partial charge on any atom is -0.258 e. The van der Waals surface area contributed by atoms with Crippen LogP contribution < -0.4 is 4.72 Å². The Balaban J connectivity index is 1.93. The predicted octanol–water partition coefficient (Wildman–Crippen LogP) is 3.55. The highest BCUT2D eigenvalue weighted by Gasteiger charge is 2.28.